The van der Waals surface area contributed by atoms with E-state index in [-0.39, 0.29) is 12.2 Å². The molecule has 0 bridgehead atoms. The molecule has 0 radical (unpaired) electrons. The van der Waals surface area contributed by atoms with Crippen molar-refractivity contribution in [2.45, 2.75) is 19.4 Å². The number of furan rings is 1. The molecule has 2 N–H and O–H groups in total. The van der Waals surface area contributed by atoms with Crippen molar-refractivity contribution in [2.75, 3.05) is 11.9 Å². The van der Waals surface area contributed by atoms with Gasteiger partial charge in [0.05, 0.1) is 11.5 Å². The van der Waals surface area contributed by atoms with Crippen LogP contribution in [0.1, 0.15) is 18.4 Å². The van der Waals surface area contributed by atoms with Crippen LogP contribution in [0.5, 0.6) is 0 Å². The first-order valence-electron chi connectivity index (χ1n) is 6.02. The van der Waals surface area contributed by atoms with Gasteiger partial charge >= 0.3 is 0 Å². The predicted molar refractivity (Wildman–Crippen MR) is 72.4 cm³/mol. The van der Waals surface area contributed by atoms with Crippen molar-refractivity contribution in [1.29, 1.82) is 0 Å². The maximum Gasteiger partial charge on any atom is 0.287 e. The minimum Gasteiger partial charge on any atom is -0.463 e. The van der Waals surface area contributed by atoms with Crippen LogP contribution < -0.4 is 5.32 Å². The maximum atomic E-state index is 10.5. The first kappa shape index (κ1) is 14.0. The van der Waals surface area contributed by atoms with E-state index in [4.69, 9.17) is 4.42 Å². The Labute approximate surface area is 115 Å². The summed E-state index contributed by atoms with van der Waals surface area (Å²) < 4.78 is 5.39. The lowest BCUT2D eigenvalue weighted by Crippen LogP contribution is -2.30. The van der Waals surface area contributed by atoms with E-state index in [2.05, 4.69) is 10.3 Å². The van der Waals surface area contributed by atoms with Crippen molar-refractivity contribution in [1.82, 2.24) is 4.98 Å². The number of aliphatic hydroxyl groups is 1. The summed E-state index contributed by atoms with van der Waals surface area (Å²) in [7, 11) is 0. The van der Waals surface area contributed by atoms with Crippen LogP contribution in [-0.2, 0) is 5.60 Å². The Morgan fingerprint density at radius 2 is 2.20 bits per heavy atom. The second kappa shape index (κ2) is 5.30. The molecule has 0 spiro atoms. The molecule has 7 nitrogen and oxygen atoms in total. The predicted octanol–water partition coefficient (Wildman–Crippen LogP) is 2.21. The lowest BCUT2D eigenvalue weighted by atomic mass is 10.0. The van der Waals surface area contributed by atoms with E-state index >= 15 is 0 Å². The molecule has 20 heavy (non-hydrogen) atoms. The largest absolute Gasteiger partial charge is 0.463 e. The molecule has 0 aliphatic carbocycles. The molecule has 2 heterocycles. The van der Waals surface area contributed by atoms with Gasteiger partial charge < -0.3 is 14.8 Å². The summed E-state index contributed by atoms with van der Waals surface area (Å²) in [6.45, 7) is 3.58. The van der Waals surface area contributed by atoms with E-state index < -0.39 is 10.5 Å². The molecule has 1 atom stereocenters. The Morgan fingerprint density at radius 1 is 1.45 bits per heavy atom. The lowest BCUT2D eigenvalue weighted by molar-refractivity contribution is -0.385. The van der Waals surface area contributed by atoms with Crippen molar-refractivity contribution in [3.63, 3.8) is 0 Å². The first-order valence-corrected chi connectivity index (χ1v) is 6.02. The summed E-state index contributed by atoms with van der Waals surface area (Å²) in [6, 6.07) is 6.32. The zero-order valence-electron chi connectivity index (χ0n) is 11.2. The maximum absolute atomic E-state index is 10.5. The number of aromatic nitrogens is 1. The highest BCUT2D eigenvalue weighted by atomic mass is 16.6. The number of nitrogens with one attached hydrogen (secondary N) is 1. The smallest absolute Gasteiger partial charge is 0.287 e. The van der Waals surface area contributed by atoms with Crippen molar-refractivity contribution >= 4 is 11.5 Å². The van der Waals surface area contributed by atoms with Gasteiger partial charge in [0.25, 0.3) is 5.69 Å². The van der Waals surface area contributed by atoms with E-state index in [0.29, 0.717) is 17.3 Å². The van der Waals surface area contributed by atoms with Crippen molar-refractivity contribution < 1.29 is 14.4 Å². The number of hydrogen-bond donors (Lipinski definition) is 2. The number of aryl methyl sites for hydroxylation is 1. The number of nitrogens with zero attached hydrogens (tertiary/aromatic N) is 2. The number of rotatable bonds is 5. The average Bonchev–Trinajstić information content (AvgIpc) is 2.84. The minimum absolute atomic E-state index is 0.0797. The van der Waals surface area contributed by atoms with Crippen LogP contribution in [0.25, 0.3) is 0 Å². The Bertz CT molecular complexity index is 604. The van der Waals surface area contributed by atoms with Crippen LogP contribution in [0.4, 0.5) is 11.5 Å². The van der Waals surface area contributed by atoms with Crippen molar-refractivity contribution in [3.05, 3.63) is 52.1 Å². The standard InChI is InChI=1S/C13H15N3O4/c1-9-3-5-11(20-9)13(2,17)8-15-12-6-4-10(7-14-12)16(18)19/h3-7,17H,8H2,1-2H3,(H,14,15). The van der Waals surface area contributed by atoms with E-state index in [1.165, 1.54) is 12.1 Å². The van der Waals surface area contributed by atoms with Gasteiger partial charge in [-0.05, 0) is 32.0 Å². The third-order valence-electron chi connectivity index (χ3n) is 2.84. The fourth-order valence-corrected chi connectivity index (χ4v) is 1.67. The van der Waals surface area contributed by atoms with Gasteiger partial charge in [-0.15, -0.1) is 0 Å². The van der Waals surface area contributed by atoms with Gasteiger partial charge in [0.15, 0.2) is 0 Å². The zero-order valence-corrected chi connectivity index (χ0v) is 11.2. The molecule has 2 rings (SSSR count). The van der Waals surface area contributed by atoms with Gasteiger partial charge in [-0.1, -0.05) is 0 Å². The fraction of sp³-hybridized carbons (Fsp3) is 0.308. The summed E-state index contributed by atoms with van der Waals surface area (Å²) in [5.41, 5.74) is -1.28. The van der Waals surface area contributed by atoms with Crippen LogP contribution in [0.3, 0.4) is 0 Å². The molecule has 7 heteroatoms. The molecular weight excluding hydrogens is 262 g/mol. The number of hydrogen-bond acceptors (Lipinski definition) is 6. The van der Waals surface area contributed by atoms with E-state index in [9.17, 15) is 15.2 Å². The van der Waals surface area contributed by atoms with E-state index in [0.717, 1.165) is 6.20 Å². The van der Waals surface area contributed by atoms with Crippen LogP contribution in [0.2, 0.25) is 0 Å². The number of pyridine rings is 1. The Balaban J connectivity index is 2.02. The van der Waals surface area contributed by atoms with Crippen LogP contribution in [0.15, 0.2) is 34.9 Å². The molecule has 0 amide bonds. The number of nitro groups is 1. The Morgan fingerprint density at radius 3 is 2.70 bits per heavy atom. The summed E-state index contributed by atoms with van der Waals surface area (Å²) in [4.78, 5) is 13.9. The molecule has 106 valence electrons. The average molecular weight is 277 g/mol. The van der Waals surface area contributed by atoms with Gasteiger partial charge in [-0.2, -0.15) is 0 Å². The Hall–Kier alpha value is -2.41. The highest BCUT2D eigenvalue weighted by molar-refractivity contribution is 5.40. The molecule has 0 saturated heterocycles. The molecule has 0 fully saturated rings. The number of anilines is 1. The third kappa shape index (κ3) is 3.12. The van der Waals surface area contributed by atoms with Gasteiger partial charge in [0, 0.05) is 6.07 Å². The van der Waals surface area contributed by atoms with Crippen molar-refractivity contribution in [2.24, 2.45) is 0 Å². The molecule has 2 aromatic rings. The summed E-state index contributed by atoms with van der Waals surface area (Å²) >= 11 is 0. The normalized spacial score (nSPS) is 13.8. The molecule has 0 saturated carbocycles. The van der Waals surface area contributed by atoms with Gasteiger partial charge in [0.2, 0.25) is 0 Å². The molecular formula is C13H15N3O4. The van der Waals surface area contributed by atoms with Gasteiger partial charge in [0.1, 0.15) is 29.1 Å². The van der Waals surface area contributed by atoms with E-state index in [1.54, 1.807) is 26.0 Å². The Kier molecular flexibility index (Phi) is 3.71. The minimum atomic E-state index is -1.20. The second-order valence-corrected chi connectivity index (χ2v) is 4.70. The monoisotopic (exact) mass is 277 g/mol. The quantitative estimate of drug-likeness (QED) is 0.641. The molecule has 1 unspecified atom stereocenters. The first-order chi connectivity index (χ1) is 9.38. The van der Waals surface area contributed by atoms with E-state index in [1.807, 2.05) is 0 Å². The van der Waals surface area contributed by atoms with Gasteiger partial charge in [-0.3, -0.25) is 10.1 Å². The molecule has 0 aliphatic rings. The fourth-order valence-electron chi connectivity index (χ4n) is 1.67. The second-order valence-electron chi connectivity index (χ2n) is 4.70. The van der Waals surface area contributed by atoms with Crippen LogP contribution >= 0.6 is 0 Å². The highest BCUT2D eigenvalue weighted by Crippen LogP contribution is 2.23. The molecule has 2 aromatic heterocycles. The summed E-state index contributed by atoms with van der Waals surface area (Å²) in [5.74, 6) is 1.61. The third-order valence-corrected chi connectivity index (χ3v) is 2.84. The lowest BCUT2D eigenvalue weighted by Gasteiger charge is -2.21. The van der Waals surface area contributed by atoms with Crippen molar-refractivity contribution in [3.8, 4) is 0 Å². The molecule has 0 aliphatic heterocycles. The van der Waals surface area contributed by atoms with Crippen LogP contribution in [0, 0.1) is 17.0 Å². The SMILES string of the molecule is Cc1ccc(C(C)(O)CNc2ccc([N+](=O)[O-])cn2)o1. The zero-order chi connectivity index (χ0) is 14.8. The van der Waals surface area contributed by atoms with Gasteiger partial charge in [-0.25, -0.2) is 4.98 Å². The molecule has 0 aromatic carbocycles. The summed E-state index contributed by atoms with van der Waals surface area (Å²) in [5, 5.41) is 23.7. The highest BCUT2D eigenvalue weighted by Gasteiger charge is 2.26. The van der Waals surface area contributed by atoms with Crippen LogP contribution in [-0.4, -0.2) is 21.6 Å². The topological polar surface area (TPSA) is 101 Å². The summed E-state index contributed by atoms with van der Waals surface area (Å²) in [6.07, 6.45) is 1.16.